The molecule has 0 unspecified atom stereocenters. The Bertz CT molecular complexity index is 877. The zero-order valence-electron chi connectivity index (χ0n) is 17.1. The molecule has 9 heteroatoms. The second-order valence-corrected chi connectivity index (χ2v) is 7.45. The summed E-state index contributed by atoms with van der Waals surface area (Å²) in [7, 11) is 1.56. The maximum Gasteiger partial charge on any atom is 0.323 e. The lowest BCUT2D eigenvalue weighted by Gasteiger charge is -2.18. The van der Waals surface area contributed by atoms with Gasteiger partial charge < -0.3 is 10.6 Å². The van der Waals surface area contributed by atoms with Crippen LogP contribution in [0.25, 0.3) is 0 Å². The van der Waals surface area contributed by atoms with Crippen molar-refractivity contribution < 1.29 is 18.8 Å². The Balaban J connectivity index is 1.54. The Kier molecular flexibility index (Phi) is 7.31. The van der Waals surface area contributed by atoms with E-state index in [4.69, 9.17) is 4.84 Å². The van der Waals surface area contributed by atoms with Crippen molar-refractivity contribution >= 4 is 23.8 Å². The molecule has 2 heterocycles. The summed E-state index contributed by atoms with van der Waals surface area (Å²) in [6.07, 6.45) is 3.13. The number of hydroxylamine groups is 2. The molecule has 3 amide bonds. The first-order valence-corrected chi connectivity index (χ1v) is 9.75. The third-order valence-electron chi connectivity index (χ3n) is 4.82. The maximum absolute atomic E-state index is 14.1. The Morgan fingerprint density at radius 1 is 1.33 bits per heavy atom. The van der Waals surface area contributed by atoms with Crippen molar-refractivity contribution in [2.75, 3.05) is 37.4 Å². The summed E-state index contributed by atoms with van der Waals surface area (Å²) in [6, 6.07) is 7.60. The summed E-state index contributed by atoms with van der Waals surface area (Å²) in [4.78, 5) is 34.4. The van der Waals surface area contributed by atoms with Crippen LogP contribution in [0.3, 0.4) is 0 Å². The zero-order valence-corrected chi connectivity index (χ0v) is 17.1. The molecule has 0 aliphatic carbocycles. The van der Waals surface area contributed by atoms with Gasteiger partial charge in [0.15, 0.2) is 0 Å². The molecule has 1 aromatic heterocycles. The summed E-state index contributed by atoms with van der Waals surface area (Å²) in [6.45, 7) is 4.55. The molecule has 1 aromatic carbocycles. The van der Waals surface area contributed by atoms with Gasteiger partial charge in [-0.3, -0.25) is 19.5 Å². The molecular weight excluding hydrogens is 389 g/mol. The normalized spacial score (nSPS) is 16.3. The van der Waals surface area contributed by atoms with Crippen molar-refractivity contribution in [3.63, 3.8) is 0 Å². The van der Waals surface area contributed by atoms with Crippen molar-refractivity contribution in [1.29, 1.82) is 0 Å². The summed E-state index contributed by atoms with van der Waals surface area (Å²) in [5.41, 5.74) is 2.56. The van der Waals surface area contributed by atoms with E-state index in [0.29, 0.717) is 36.9 Å². The van der Waals surface area contributed by atoms with E-state index in [0.717, 1.165) is 35.8 Å². The topological polar surface area (TPSA) is 86.8 Å². The number of rotatable bonds is 8. The van der Waals surface area contributed by atoms with Gasteiger partial charge >= 0.3 is 6.03 Å². The number of amides is 3. The van der Waals surface area contributed by atoms with Crippen LogP contribution in [0.5, 0.6) is 0 Å². The number of urea groups is 1. The molecule has 0 saturated carbocycles. The van der Waals surface area contributed by atoms with Crippen molar-refractivity contribution in [3.8, 4) is 0 Å². The number of anilines is 2. The monoisotopic (exact) mass is 415 g/mol. The van der Waals surface area contributed by atoms with Gasteiger partial charge in [0, 0.05) is 31.5 Å². The van der Waals surface area contributed by atoms with Crippen LogP contribution in [0.15, 0.2) is 36.5 Å². The van der Waals surface area contributed by atoms with Crippen molar-refractivity contribution in [2.45, 2.75) is 19.9 Å². The molecule has 1 atom stereocenters. The molecule has 2 aromatic rings. The summed E-state index contributed by atoms with van der Waals surface area (Å²) in [5.74, 6) is -0.0982. The third kappa shape index (κ3) is 6.50. The lowest BCUT2D eigenvalue weighted by atomic mass is 10.1. The quantitative estimate of drug-likeness (QED) is 0.511. The number of nitrogens with zero attached hydrogens (tertiary/aromatic N) is 3. The minimum Gasteiger partial charge on any atom is -0.308 e. The molecule has 160 valence electrons. The number of benzene rings is 1. The van der Waals surface area contributed by atoms with Gasteiger partial charge in [0.1, 0.15) is 5.82 Å². The summed E-state index contributed by atoms with van der Waals surface area (Å²) >= 11 is 0. The Labute approximate surface area is 175 Å². The molecule has 1 fully saturated rings. The average Bonchev–Trinajstić information content (AvgIpc) is 3.14. The molecule has 0 bridgehead atoms. The predicted octanol–water partition coefficient (Wildman–Crippen LogP) is 3.01. The second-order valence-electron chi connectivity index (χ2n) is 7.45. The van der Waals surface area contributed by atoms with E-state index in [2.05, 4.69) is 20.5 Å². The van der Waals surface area contributed by atoms with E-state index in [9.17, 15) is 14.0 Å². The van der Waals surface area contributed by atoms with Gasteiger partial charge in [-0.2, -0.15) is 0 Å². The Hall–Kier alpha value is -3.04. The first kappa shape index (κ1) is 21.7. The van der Waals surface area contributed by atoms with Gasteiger partial charge in [0.25, 0.3) is 0 Å². The van der Waals surface area contributed by atoms with Crippen LogP contribution in [-0.2, 0) is 16.2 Å². The van der Waals surface area contributed by atoms with Gasteiger partial charge in [-0.05, 0) is 61.7 Å². The van der Waals surface area contributed by atoms with E-state index in [1.165, 1.54) is 12.1 Å². The van der Waals surface area contributed by atoms with Crippen molar-refractivity contribution in [2.24, 2.45) is 5.92 Å². The molecule has 1 aliphatic rings. The number of aryl methyl sites for hydroxylation is 1. The number of pyridine rings is 1. The highest BCUT2D eigenvalue weighted by atomic mass is 19.1. The van der Waals surface area contributed by atoms with E-state index in [-0.39, 0.29) is 0 Å². The van der Waals surface area contributed by atoms with E-state index in [1.807, 2.05) is 6.92 Å². The van der Waals surface area contributed by atoms with Crippen molar-refractivity contribution in [1.82, 2.24) is 14.9 Å². The third-order valence-corrected chi connectivity index (χ3v) is 4.82. The highest BCUT2D eigenvalue weighted by Gasteiger charge is 2.23. The fraction of sp³-hybridized carbons (Fsp3) is 0.381. The standard InChI is InChI=1S/C21H26FN5O3/c1-15-3-4-19(10-23-15)24-21(29)25-20-8-17(7-18(22)9-20)12-27-6-5-16(11-27)13-30-26(2)14-28/h3-4,7-10,14,16H,5-6,11-13H2,1-2H3,(H2,24,25,29)/t16-/m0/s1. The van der Waals surface area contributed by atoms with Crippen LogP contribution in [0.2, 0.25) is 0 Å². The number of carbonyl (C=O) groups is 2. The van der Waals surface area contributed by atoms with Gasteiger partial charge in [0.05, 0.1) is 18.5 Å². The SMILES string of the molecule is Cc1ccc(NC(=O)Nc2cc(F)cc(CN3CC[C@H](CON(C)C=O)C3)c2)cn1. The molecule has 30 heavy (non-hydrogen) atoms. The second kappa shape index (κ2) is 10.1. The molecule has 3 rings (SSSR count). The highest BCUT2D eigenvalue weighted by molar-refractivity contribution is 5.99. The van der Waals surface area contributed by atoms with E-state index >= 15 is 0 Å². The molecule has 0 spiro atoms. The number of halogens is 1. The first-order chi connectivity index (χ1) is 14.4. The minimum atomic E-state index is -0.463. The number of hydrogen-bond donors (Lipinski definition) is 2. The number of nitrogens with one attached hydrogen (secondary N) is 2. The lowest BCUT2D eigenvalue weighted by molar-refractivity contribution is -0.167. The van der Waals surface area contributed by atoms with Gasteiger partial charge in [-0.15, -0.1) is 0 Å². The lowest BCUT2D eigenvalue weighted by Crippen LogP contribution is -2.25. The molecular formula is C21H26FN5O3. The van der Waals surface area contributed by atoms with Crippen molar-refractivity contribution in [3.05, 3.63) is 53.6 Å². The highest BCUT2D eigenvalue weighted by Crippen LogP contribution is 2.22. The molecule has 8 nitrogen and oxygen atoms in total. The van der Waals surface area contributed by atoms with Crippen LogP contribution < -0.4 is 10.6 Å². The molecule has 0 radical (unpaired) electrons. The fourth-order valence-electron chi connectivity index (χ4n) is 3.35. The van der Waals surface area contributed by atoms with Crippen LogP contribution in [0.4, 0.5) is 20.6 Å². The van der Waals surface area contributed by atoms with Gasteiger partial charge in [-0.25, -0.2) is 14.2 Å². The molecule has 1 saturated heterocycles. The van der Waals surface area contributed by atoms with Crippen LogP contribution in [0.1, 0.15) is 17.7 Å². The largest absolute Gasteiger partial charge is 0.323 e. The molecule has 2 N–H and O–H groups in total. The predicted molar refractivity (Wildman–Crippen MR) is 111 cm³/mol. The number of hydrogen-bond acceptors (Lipinski definition) is 5. The summed E-state index contributed by atoms with van der Waals surface area (Å²) in [5, 5.41) is 6.50. The maximum atomic E-state index is 14.1. The average molecular weight is 415 g/mol. The Morgan fingerprint density at radius 3 is 2.87 bits per heavy atom. The molecule has 1 aliphatic heterocycles. The fourth-order valence-corrected chi connectivity index (χ4v) is 3.35. The van der Waals surface area contributed by atoms with E-state index < -0.39 is 11.8 Å². The van der Waals surface area contributed by atoms with Gasteiger partial charge in [-0.1, -0.05) is 0 Å². The first-order valence-electron chi connectivity index (χ1n) is 9.75. The zero-order chi connectivity index (χ0) is 21.5. The van der Waals surface area contributed by atoms with Crippen LogP contribution >= 0.6 is 0 Å². The number of aromatic nitrogens is 1. The van der Waals surface area contributed by atoms with Crippen LogP contribution in [0, 0.1) is 18.7 Å². The number of likely N-dealkylation sites (tertiary alicyclic amines) is 1. The summed E-state index contributed by atoms with van der Waals surface area (Å²) < 4.78 is 14.1. The minimum absolute atomic E-state index is 0.312. The number of carbonyl (C=O) groups excluding carboxylic acids is 2. The van der Waals surface area contributed by atoms with Crippen LogP contribution in [-0.4, -0.2) is 54.1 Å². The smallest absolute Gasteiger partial charge is 0.308 e. The Morgan fingerprint density at radius 2 is 2.13 bits per heavy atom. The van der Waals surface area contributed by atoms with E-state index in [1.54, 1.807) is 31.4 Å². The van der Waals surface area contributed by atoms with Gasteiger partial charge in [0.2, 0.25) is 6.41 Å².